The Labute approximate surface area is 81.7 Å². The average Bonchev–Trinajstić information content (AvgIpc) is 2.93. The Morgan fingerprint density at radius 1 is 1.46 bits per heavy atom. The van der Waals surface area contributed by atoms with Crippen LogP contribution in [0.25, 0.3) is 0 Å². The van der Waals surface area contributed by atoms with Gasteiger partial charge in [-0.05, 0) is 32.1 Å². The summed E-state index contributed by atoms with van der Waals surface area (Å²) in [5.41, 5.74) is 0. The molecule has 0 bridgehead atoms. The van der Waals surface area contributed by atoms with Crippen LogP contribution >= 0.6 is 0 Å². The molecule has 2 heteroatoms. The van der Waals surface area contributed by atoms with Crippen molar-refractivity contribution < 1.29 is 0 Å². The molecule has 0 radical (unpaired) electrons. The summed E-state index contributed by atoms with van der Waals surface area (Å²) in [4.78, 5) is 2.73. The molecular weight excluding hydrogens is 160 g/mol. The lowest BCUT2D eigenvalue weighted by molar-refractivity contribution is 0.0997. The molecule has 76 valence electrons. The quantitative estimate of drug-likeness (QED) is 0.711. The van der Waals surface area contributed by atoms with Crippen molar-refractivity contribution in [3.63, 3.8) is 0 Å². The summed E-state index contributed by atoms with van der Waals surface area (Å²) in [6, 6.07) is 1.64. The van der Waals surface area contributed by atoms with Crippen molar-refractivity contribution in [3.05, 3.63) is 0 Å². The van der Waals surface area contributed by atoms with E-state index in [0.717, 1.165) is 18.0 Å². The third kappa shape index (κ3) is 2.05. The Kier molecular flexibility index (Phi) is 2.89. The van der Waals surface area contributed by atoms with Crippen LogP contribution in [0.3, 0.4) is 0 Å². The molecule has 1 saturated carbocycles. The lowest BCUT2D eigenvalue weighted by Gasteiger charge is -2.40. The number of nitrogens with zero attached hydrogens (tertiary/aromatic N) is 1. The average molecular weight is 182 g/mol. The normalized spacial score (nSPS) is 33.2. The van der Waals surface area contributed by atoms with Crippen LogP contribution < -0.4 is 5.32 Å². The highest BCUT2D eigenvalue weighted by atomic mass is 15.2. The van der Waals surface area contributed by atoms with Crippen LogP contribution in [-0.4, -0.2) is 36.6 Å². The Balaban J connectivity index is 1.94. The highest BCUT2D eigenvalue weighted by Crippen LogP contribution is 2.37. The van der Waals surface area contributed by atoms with E-state index in [9.17, 15) is 0 Å². The van der Waals surface area contributed by atoms with Gasteiger partial charge in [-0.25, -0.2) is 0 Å². The van der Waals surface area contributed by atoms with E-state index in [2.05, 4.69) is 24.1 Å². The first-order chi connectivity index (χ1) is 6.33. The Morgan fingerprint density at radius 3 is 2.77 bits per heavy atom. The zero-order valence-corrected chi connectivity index (χ0v) is 8.92. The zero-order valence-electron chi connectivity index (χ0n) is 8.92. The van der Waals surface area contributed by atoms with Crippen molar-refractivity contribution in [3.8, 4) is 0 Å². The summed E-state index contributed by atoms with van der Waals surface area (Å²) in [7, 11) is 0. The molecule has 1 aliphatic heterocycles. The topological polar surface area (TPSA) is 15.3 Å². The molecule has 2 aliphatic rings. The number of piperazine rings is 1. The molecule has 2 atom stereocenters. The maximum absolute atomic E-state index is 3.46. The minimum atomic E-state index is 0.749. The predicted molar refractivity (Wildman–Crippen MR) is 55.8 cm³/mol. The van der Waals surface area contributed by atoms with E-state index in [1.54, 1.807) is 0 Å². The third-order valence-corrected chi connectivity index (χ3v) is 3.56. The van der Waals surface area contributed by atoms with Crippen molar-refractivity contribution in [2.75, 3.05) is 19.6 Å². The molecule has 0 aromatic carbocycles. The van der Waals surface area contributed by atoms with E-state index in [1.807, 2.05) is 0 Å². The maximum Gasteiger partial charge on any atom is 0.0195 e. The van der Waals surface area contributed by atoms with Gasteiger partial charge in [0.25, 0.3) is 0 Å². The third-order valence-electron chi connectivity index (χ3n) is 3.56. The molecule has 1 heterocycles. The van der Waals surface area contributed by atoms with E-state index in [4.69, 9.17) is 0 Å². The lowest BCUT2D eigenvalue weighted by atomic mass is 10.0. The minimum absolute atomic E-state index is 0.749. The Hall–Kier alpha value is -0.0800. The second-order valence-electron chi connectivity index (χ2n) is 4.60. The summed E-state index contributed by atoms with van der Waals surface area (Å²) in [5.74, 6) is 1.03. The predicted octanol–water partition coefficient (Wildman–Crippen LogP) is 1.47. The van der Waals surface area contributed by atoms with Gasteiger partial charge in [0.1, 0.15) is 0 Å². The molecule has 2 nitrogen and oxygen atoms in total. The van der Waals surface area contributed by atoms with Crippen molar-refractivity contribution in [1.29, 1.82) is 0 Å². The second kappa shape index (κ2) is 3.97. The number of hydrogen-bond donors (Lipinski definition) is 1. The van der Waals surface area contributed by atoms with E-state index >= 15 is 0 Å². The van der Waals surface area contributed by atoms with E-state index in [-0.39, 0.29) is 0 Å². The van der Waals surface area contributed by atoms with Crippen molar-refractivity contribution >= 4 is 0 Å². The first kappa shape index (κ1) is 9.47. The summed E-state index contributed by atoms with van der Waals surface area (Å²) in [6.45, 7) is 8.34. The van der Waals surface area contributed by atoms with Gasteiger partial charge in [-0.2, -0.15) is 0 Å². The fourth-order valence-corrected chi connectivity index (χ4v) is 2.67. The van der Waals surface area contributed by atoms with Crippen LogP contribution in [0.1, 0.15) is 33.1 Å². The monoisotopic (exact) mass is 182 g/mol. The highest BCUT2D eigenvalue weighted by Gasteiger charge is 2.36. The number of nitrogens with one attached hydrogen (secondary N) is 1. The van der Waals surface area contributed by atoms with Crippen LogP contribution in [0.15, 0.2) is 0 Å². The summed E-state index contributed by atoms with van der Waals surface area (Å²) in [5, 5.41) is 3.46. The van der Waals surface area contributed by atoms with Crippen LogP contribution in [0, 0.1) is 5.92 Å². The van der Waals surface area contributed by atoms with Crippen LogP contribution in [0.2, 0.25) is 0 Å². The molecule has 0 spiro atoms. The van der Waals surface area contributed by atoms with Crippen molar-refractivity contribution in [2.24, 2.45) is 5.92 Å². The van der Waals surface area contributed by atoms with Crippen molar-refractivity contribution in [2.45, 2.75) is 45.2 Å². The first-order valence-electron chi connectivity index (χ1n) is 5.79. The minimum Gasteiger partial charge on any atom is -0.314 e. The molecular formula is C11H22N2. The van der Waals surface area contributed by atoms with Gasteiger partial charge in [-0.1, -0.05) is 6.92 Å². The second-order valence-corrected chi connectivity index (χ2v) is 4.60. The standard InChI is InChI=1S/C11H22N2/c1-3-11(10-4-5-10)13-7-6-12-8-9(13)2/h9-12H,3-8H2,1-2H3. The summed E-state index contributed by atoms with van der Waals surface area (Å²) < 4.78 is 0. The van der Waals surface area contributed by atoms with E-state index in [1.165, 1.54) is 38.9 Å². The van der Waals surface area contributed by atoms with Gasteiger partial charge in [0.15, 0.2) is 0 Å². The fraction of sp³-hybridized carbons (Fsp3) is 1.00. The van der Waals surface area contributed by atoms with Gasteiger partial charge in [0.2, 0.25) is 0 Å². The van der Waals surface area contributed by atoms with Crippen LogP contribution in [0.4, 0.5) is 0 Å². The first-order valence-corrected chi connectivity index (χ1v) is 5.79. The number of hydrogen-bond acceptors (Lipinski definition) is 2. The van der Waals surface area contributed by atoms with E-state index < -0.39 is 0 Å². The van der Waals surface area contributed by atoms with Crippen LogP contribution in [-0.2, 0) is 0 Å². The molecule has 2 rings (SSSR count). The molecule has 0 aromatic rings. The summed E-state index contributed by atoms with van der Waals surface area (Å²) in [6.07, 6.45) is 4.30. The van der Waals surface area contributed by atoms with Gasteiger partial charge in [0, 0.05) is 31.7 Å². The number of rotatable bonds is 3. The molecule has 1 saturated heterocycles. The van der Waals surface area contributed by atoms with Gasteiger partial charge < -0.3 is 5.32 Å². The zero-order chi connectivity index (χ0) is 9.26. The smallest absolute Gasteiger partial charge is 0.0195 e. The Bertz CT molecular complexity index is 165. The SMILES string of the molecule is CCC(C1CC1)N1CCNCC1C. The maximum atomic E-state index is 3.46. The molecule has 1 aliphatic carbocycles. The van der Waals surface area contributed by atoms with E-state index in [0.29, 0.717) is 0 Å². The molecule has 2 fully saturated rings. The van der Waals surface area contributed by atoms with Crippen molar-refractivity contribution in [1.82, 2.24) is 10.2 Å². The highest BCUT2D eigenvalue weighted by molar-refractivity contribution is 4.91. The van der Waals surface area contributed by atoms with Crippen LogP contribution in [0.5, 0.6) is 0 Å². The molecule has 0 amide bonds. The molecule has 1 N–H and O–H groups in total. The lowest BCUT2D eigenvalue weighted by Crippen LogP contribution is -2.54. The largest absolute Gasteiger partial charge is 0.314 e. The summed E-state index contributed by atoms with van der Waals surface area (Å²) >= 11 is 0. The van der Waals surface area contributed by atoms with Gasteiger partial charge >= 0.3 is 0 Å². The van der Waals surface area contributed by atoms with Gasteiger partial charge in [-0.3, -0.25) is 4.90 Å². The molecule has 13 heavy (non-hydrogen) atoms. The van der Waals surface area contributed by atoms with Gasteiger partial charge in [0.05, 0.1) is 0 Å². The molecule has 0 aromatic heterocycles. The Morgan fingerprint density at radius 2 is 2.23 bits per heavy atom. The fourth-order valence-electron chi connectivity index (χ4n) is 2.67. The van der Waals surface area contributed by atoms with Gasteiger partial charge in [-0.15, -0.1) is 0 Å². The molecule has 2 unspecified atom stereocenters.